The molecule has 1 saturated heterocycles. The zero-order chi connectivity index (χ0) is 27.9. The summed E-state index contributed by atoms with van der Waals surface area (Å²) in [5.41, 5.74) is 3.82. The van der Waals surface area contributed by atoms with Gasteiger partial charge in [0.05, 0.1) is 22.6 Å². The molecule has 2 heterocycles. The number of ether oxygens (including phenoxy) is 1. The van der Waals surface area contributed by atoms with Crippen LogP contribution in [0.5, 0.6) is 0 Å². The van der Waals surface area contributed by atoms with Crippen LogP contribution in [0, 0.1) is 10.1 Å². The fraction of sp³-hybridized carbons (Fsp3) is 0.333. The van der Waals surface area contributed by atoms with Crippen molar-refractivity contribution in [3.63, 3.8) is 0 Å². The Balaban J connectivity index is 1.11. The molecule has 0 bridgehead atoms. The van der Waals surface area contributed by atoms with Gasteiger partial charge >= 0.3 is 11.8 Å². The van der Waals surface area contributed by atoms with Crippen LogP contribution in [0.1, 0.15) is 36.4 Å². The maximum Gasteiger partial charge on any atom is 0.409 e. The predicted molar refractivity (Wildman–Crippen MR) is 152 cm³/mol. The zero-order valence-corrected chi connectivity index (χ0v) is 22.3. The highest BCUT2D eigenvalue weighted by Gasteiger charge is 2.26. The molecule has 0 radical (unpaired) electrons. The number of nitro benzene ring substituents is 1. The van der Waals surface area contributed by atoms with Crippen LogP contribution in [0.4, 0.5) is 10.5 Å². The van der Waals surface area contributed by atoms with Gasteiger partial charge in [0.2, 0.25) is 0 Å². The van der Waals surface area contributed by atoms with Crippen LogP contribution in [0.15, 0.2) is 83.7 Å². The molecule has 10 heteroatoms. The quantitative estimate of drug-likeness (QED) is 0.169. The first kappa shape index (κ1) is 27.1. The summed E-state index contributed by atoms with van der Waals surface area (Å²) in [6.07, 6.45) is 1.72. The Kier molecular flexibility index (Phi) is 8.56. The largest absolute Gasteiger partial charge is 0.449 e. The number of fused-ring (bicyclic) bond motifs is 1. The Morgan fingerprint density at radius 3 is 2.30 bits per heavy atom. The van der Waals surface area contributed by atoms with Crippen LogP contribution in [-0.2, 0) is 17.8 Å². The fourth-order valence-corrected chi connectivity index (χ4v) is 5.32. The smallest absolute Gasteiger partial charge is 0.409 e. The van der Waals surface area contributed by atoms with E-state index in [1.807, 2.05) is 47.0 Å². The summed E-state index contributed by atoms with van der Waals surface area (Å²) >= 11 is 0. The van der Waals surface area contributed by atoms with Gasteiger partial charge in [0.25, 0.3) is 5.69 Å². The number of amides is 1. The summed E-state index contributed by atoms with van der Waals surface area (Å²) in [7, 11) is 0. The van der Waals surface area contributed by atoms with Gasteiger partial charge in [-0.25, -0.2) is 9.59 Å². The molecule has 1 fully saturated rings. The van der Waals surface area contributed by atoms with Gasteiger partial charge in [-0.3, -0.25) is 19.6 Å². The Labute approximate surface area is 231 Å². The second-order valence-electron chi connectivity index (χ2n) is 10.1. The fourth-order valence-electron chi connectivity index (χ4n) is 5.32. The number of likely N-dealkylation sites (tertiary alicyclic amines) is 1. The molecule has 208 valence electrons. The lowest BCUT2D eigenvalue weighted by Gasteiger charge is -2.32. The van der Waals surface area contributed by atoms with Gasteiger partial charge in [-0.15, -0.1) is 0 Å². The minimum absolute atomic E-state index is 0.0404. The van der Waals surface area contributed by atoms with E-state index in [0.29, 0.717) is 58.6 Å². The second kappa shape index (κ2) is 12.6. The number of carbonyl (C=O) groups excluding carboxylic acids is 1. The molecule has 1 amide bonds. The van der Waals surface area contributed by atoms with Crippen LogP contribution in [-0.4, -0.2) is 56.6 Å². The number of para-hydroxylation sites is 2. The van der Waals surface area contributed by atoms with Crippen molar-refractivity contribution >= 4 is 22.8 Å². The van der Waals surface area contributed by atoms with Gasteiger partial charge in [0.15, 0.2) is 0 Å². The number of nitro groups is 1. The summed E-state index contributed by atoms with van der Waals surface area (Å²) in [5.74, 6) is 0. The number of imidazole rings is 1. The number of H-pyrrole nitrogens is 1. The molecule has 5 rings (SSSR count). The number of benzene rings is 3. The van der Waals surface area contributed by atoms with Gasteiger partial charge in [-0.1, -0.05) is 54.6 Å². The highest BCUT2D eigenvalue weighted by atomic mass is 16.6. The van der Waals surface area contributed by atoms with Crippen LogP contribution in [0.3, 0.4) is 0 Å². The first-order valence-electron chi connectivity index (χ1n) is 13.6. The second-order valence-corrected chi connectivity index (χ2v) is 10.1. The SMILES string of the molecule is O=C(OCCCN(Cc1ccccc1)Cc1ccc([N+](=O)[O-])cc1)N1CCC(n2c(=O)[nH]c3ccccc32)CC1. The molecular formula is C30H33N5O5. The molecule has 0 aliphatic carbocycles. The summed E-state index contributed by atoms with van der Waals surface area (Å²) in [4.78, 5) is 42.7. The van der Waals surface area contributed by atoms with Crippen molar-refractivity contribution in [3.8, 4) is 0 Å². The van der Waals surface area contributed by atoms with Gasteiger partial charge in [0, 0.05) is 50.9 Å². The van der Waals surface area contributed by atoms with E-state index >= 15 is 0 Å². The lowest BCUT2D eigenvalue weighted by Crippen LogP contribution is -2.41. The molecule has 40 heavy (non-hydrogen) atoms. The van der Waals surface area contributed by atoms with Crippen molar-refractivity contribution in [3.05, 3.63) is 111 Å². The number of aromatic nitrogens is 2. The highest BCUT2D eigenvalue weighted by molar-refractivity contribution is 5.75. The third kappa shape index (κ3) is 6.58. The number of aromatic amines is 1. The van der Waals surface area contributed by atoms with Crippen LogP contribution in [0.2, 0.25) is 0 Å². The highest BCUT2D eigenvalue weighted by Crippen LogP contribution is 2.25. The molecule has 1 N–H and O–H groups in total. The lowest BCUT2D eigenvalue weighted by molar-refractivity contribution is -0.384. The van der Waals surface area contributed by atoms with Crippen molar-refractivity contribution in [1.29, 1.82) is 0 Å². The Bertz CT molecular complexity index is 1490. The molecule has 0 atom stereocenters. The first-order valence-corrected chi connectivity index (χ1v) is 13.6. The van der Waals surface area contributed by atoms with Crippen molar-refractivity contribution < 1.29 is 14.5 Å². The van der Waals surface area contributed by atoms with Crippen molar-refractivity contribution in [2.75, 3.05) is 26.2 Å². The topological polar surface area (TPSA) is 114 Å². The Morgan fingerprint density at radius 1 is 0.950 bits per heavy atom. The molecule has 1 aliphatic heterocycles. The predicted octanol–water partition coefficient (Wildman–Crippen LogP) is 5.10. The van der Waals surface area contributed by atoms with Crippen LogP contribution in [0.25, 0.3) is 11.0 Å². The molecular weight excluding hydrogens is 510 g/mol. The lowest BCUT2D eigenvalue weighted by atomic mass is 10.0. The first-order chi connectivity index (χ1) is 19.5. The third-order valence-corrected chi connectivity index (χ3v) is 7.36. The zero-order valence-electron chi connectivity index (χ0n) is 22.3. The summed E-state index contributed by atoms with van der Waals surface area (Å²) in [5, 5.41) is 11.0. The average Bonchev–Trinajstić information content (AvgIpc) is 3.31. The van der Waals surface area contributed by atoms with Crippen molar-refractivity contribution in [2.24, 2.45) is 0 Å². The molecule has 0 saturated carbocycles. The summed E-state index contributed by atoms with van der Waals surface area (Å²) < 4.78 is 7.41. The van der Waals surface area contributed by atoms with E-state index < -0.39 is 4.92 Å². The summed E-state index contributed by atoms with van der Waals surface area (Å²) in [6, 6.07) is 24.4. The van der Waals surface area contributed by atoms with E-state index in [2.05, 4.69) is 22.0 Å². The van der Waals surface area contributed by atoms with E-state index in [1.54, 1.807) is 17.0 Å². The number of rotatable bonds is 10. The number of hydrogen-bond acceptors (Lipinski definition) is 6. The van der Waals surface area contributed by atoms with E-state index in [1.165, 1.54) is 17.7 Å². The Morgan fingerprint density at radius 2 is 1.60 bits per heavy atom. The number of carbonyl (C=O) groups is 1. The van der Waals surface area contributed by atoms with Gasteiger partial charge in [0.1, 0.15) is 0 Å². The number of non-ortho nitro benzene ring substituents is 1. The number of piperidine rings is 1. The maximum atomic E-state index is 12.7. The van der Waals surface area contributed by atoms with Crippen molar-refractivity contribution in [1.82, 2.24) is 19.4 Å². The Hall–Kier alpha value is -4.44. The van der Waals surface area contributed by atoms with Crippen molar-refractivity contribution in [2.45, 2.75) is 38.4 Å². The molecule has 4 aromatic rings. The minimum Gasteiger partial charge on any atom is -0.449 e. The maximum absolute atomic E-state index is 12.7. The normalized spacial score (nSPS) is 14.1. The molecule has 0 spiro atoms. The van der Waals surface area contributed by atoms with E-state index in [-0.39, 0.29) is 23.5 Å². The number of hydrogen-bond donors (Lipinski definition) is 1. The van der Waals surface area contributed by atoms with Crippen LogP contribution >= 0.6 is 0 Å². The molecule has 10 nitrogen and oxygen atoms in total. The van der Waals surface area contributed by atoms with Crippen LogP contribution < -0.4 is 5.69 Å². The van der Waals surface area contributed by atoms with Gasteiger partial charge < -0.3 is 14.6 Å². The molecule has 1 aliphatic rings. The average molecular weight is 544 g/mol. The standard InChI is InChI=1S/C30H33N5O5/c36-29-31-27-9-4-5-10-28(27)34(29)25-15-18-33(19-16-25)30(37)40-20-6-17-32(21-23-7-2-1-3-8-23)22-24-11-13-26(14-12-24)35(38)39/h1-5,7-14,25H,6,15-22H2,(H,31,36). The molecule has 0 unspecified atom stereocenters. The van der Waals surface area contributed by atoms with E-state index in [4.69, 9.17) is 4.74 Å². The third-order valence-electron chi connectivity index (χ3n) is 7.36. The molecule has 1 aromatic heterocycles. The minimum atomic E-state index is -0.398. The van der Waals surface area contributed by atoms with E-state index in [0.717, 1.165) is 16.6 Å². The summed E-state index contributed by atoms with van der Waals surface area (Å²) in [6.45, 7) is 3.41. The molecule has 3 aromatic carbocycles. The van der Waals surface area contributed by atoms with Gasteiger partial charge in [-0.2, -0.15) is 0 Å². The van der Waals surface area contributed by atoms with E-state index in [9.17, 15) is 19.7 Å². The monoisotopic (exact) mass is 543 g/mol. The van der Waals surface area contributed by atoms with Gasteiger partial charge in [-0.05, 0) is 42.5 Å². The number of nitrogens with zero attached hydrogens (tertiary/aromatic N) is 4. The number of nitrogens with one attached hydrogen (secondary N) is 1.